The van der Waals surface area contributed by atoms with E-state index in [9.17, 15) is 53.4 Å². The molecule has 0 radical (unpaired) electrons. The quantitative estimate of drug-likeness (QED) is 0.0202. The molecule has 0 rings (SSSR count). The Morgan fingerprint density at radius 1 is 0.550 bits per heavy atom. The van der Waals surface area contributed by atoms with Crippen LogP contribution in [0.3, 0.4) is 0 Å². The molecule has 0 saturated carbocycles. The Bertz CT molecular complexity index is 1500. The molecule has 0 heterocycles. The first kappa shape index (κ1) is 54.4. The number of rotatable bonds is 28. The number of nitrogens with zero attached hydrogens (tertiary/aromatic N) is 1. The number of nitrogens with one attached hydrogen (secondary N) is 8. The average Bonchev–Trinajstić information content (AvgIpc) is 3.13. The molecule has 0 saturated heterocycles. The van der Waals surface area contributed by atoms with Gasteiger partial charge in [0.25, 0.3) is 0 Å². The zero-order valence-corrected chi connectivity index (χ0v) is 35.9. The molecule has 0 aliphatic carbocycles. The van der Waals surface area contributed by atoms with Gasteiger partial charge in [-0.05, 0) is 63.7 Å². The van der Waals surface area contributed by atoms with E-state index >= 15 is 0 Å². The molecule has 0 bridgehead atoms. The number of aliphatic imine (C=N–C) groups is 1. The van der Waals surface area contributed by atoms with E-state index in [1.165, 1.54) is 13.8 Å². The molecule has 60 heavy (non-hydrogen) atoms. The lowest BCUT2D eigenvalue weighted by molar-refractivity contribution is -0.145. The van der Waals surface area contributed by atoms with E-state index in [1.807, 2.05) is 0 Å². The van der Waals surface area contributed by atoms with Crippen molar-refractivity contribution in [2.75, 3.05) is 26.2 Å². The third-order valence-corrected chi connectivity index (χ3v) is 8.49. The summed E-state index contributed by atoms with van der Waals surface area (Å²) >= 11 is 0. The first-order chi connectivity index (χ1) is 27.9. The number of hydrogen-bond donors (Lipinski definition) is 13. The van der Waals surface area contributed by atoms with Gasteiger partial charge in [-0.15, -0.1) is 0 Å². The van der Waals surface area contributed by atoms with Crippen molar-refractivity contribution in [2.45, 2.75) is 130 Å². The van der Waals surface area contributed by atoms with Crippen molar-refractivity contribution in [3.8, 4) is 0 Å². The number of hydrogen-bond acceptors (Lipinski definition) is 12. The average molecular weight is 857 g/mol. The van der Waals surface area contributed by atoms with Crippen LogP contribution < -0.4 is 59.7 Å². The second kappa shape index (κ2) is 28.0. The van der Waals surface area contributed by atoms with Gasteiger partial charge in [0.2, 0.25) is 47.3 Å². The lowest BCUT2D eigenvalue weighted by Gasteiger charge is -2.28. The van der Waals surface area contributed by atoms with Crippen LogP contribution in [0.25, 0.3) is 0 Å². The zero-order chi connectivity index (χ0) is 46.3. The lowest BCUT2D eigenvalue weighted by atomic mass is 9.99. The summed E-state index contributed by atoms with van der Waals surface area (Å²) in [7, 11) is 0. The summed E-state index contributed by atoms with van der Waals surface area (Å²) in [5.74, 6) is -7.96. The number of aliphatic carboxylic acids is 1. The highest BCUT2D eigenvalue weighted by Crippen LogP contribution is 2.11. The fourth-order valence-electron chi connectivity index (χ4n) is 5.48. The van der Waals surface area contributed by atoms with Crippen molar-refractivity contribution in [1.82, 2.24) is 42.5 Å². The topological polar surface area (TPSA) is 381 Å². The molecule has 0 spiro atoms. The van der Waals surface area contributed by atoms with Crippen LogP contribution in [0.5, 0.6) is 0 Å². The van der Waals surface area contributed by atoms with E-state index in [1.54, 1.807) is 41.5 Å². The SMILES string of the molecule is CC(C)CC(NC(=O)CNC(=O)CNC(=O)CN)C(=O)NC(C)C(=O)NC(CCCN=C(N)N)C(=O)NC(CC(C)C)C(=O)NC(CC(C)C)C(=O)NC(C(=O)O)C(C)O. The van der Waals surface area contributed by atoms with Gasteiger partial charge in [0, 0.05) is 6.54 Å². The van der Waals surface area contributed by atoms with E-state index in [-0.39, 0.29) is 68.9 Å². The molecule has 16 N–H and O–H groups in total. The van der Waals surface area contributed by atoms with Crippen LogP contribution in [0.2, 0.25) is 0 Å². The van der Waals surface area contributed by atoms with Gasteiger partial charge >= 0.3 is 5.97 Å². The van der Waals surface area contributed by atoms with Crippen LogP contribution in [0.15, 0.2) is 4.99 Å². The minimum absolute atomic E-state index is 0.0208. The second-order valence-electron chi connectivity index (χ2n) is 15.7. The number of carbonyl (C=O) groups is 9. The molecule has 7 unspecified atom stereocenters. The number of guanidine groups is 1. The molecule has 0 fully saturated rings. The highest BCUT2D eigenvalue weighted by molar-refractivity contribution is 5.97. The number of carbonyl (C=O) groups excluding carboxylic acids is 8. The standard InChI is InChI=1S/C37H68N12O11/c1-18(2)12-24(45-29(53)17-43-28(52)16-42-27(51)15-38)33(56)44-21(7)31(54)46-23(10-9-11-41-37(39)40)32(55)47-25(13-19(3)4)34(57)48-26(14-20(5)6)35(58)49-30(22(8)50)36(59)60/h18-26,30,50H,9-17,38H2,1-8H3,(H,42,51)(H,43,52)(H,44,56)(H,45,53)(H,46,54)(H,47,55)(H,48,57)(H,49,58)(H,59,60)(H4,39,40,41). The monoisotopic (exact) mass is 857 g/mol. The normalized spacial score (nSPS) is 14.6. The Morgan fingerprint density at radius 2 is 0.967 bits per heavy atom. The van der Waals surface area contributed by atoms with E-state index in [0.29, 0.717) is 0 Å². The Morgan fingerprint density at radius 3 is 1.42 bits per heavy atom. The van der Waals surface area contributed by atoms with Crippen molar-refractivity contribution < 1.29 is 53.4 Å². The molecule has 8 amide bonds. The lowest BCUT2D eigenvalue weighted by Crippen LogP contribution is -2.60. The van der Waals surface area contributed by atoms with Gasteiger partial charge in [-0.3, -0.25) is 43.3 Å². The van der Waals surface area contributed by atoms with Crippen LogP contribution in [0.4, 0.5) is 0 Å². The van der Waals surface area contributed by atoms with E-state index in [2.05, 4.69) is 47.5 Å². The highest BCUT2D eigenvalue weighted by atomic mass is 16.4. The molecule has 7 atom stereocenters. The van der Waals surface area contributed by atoms with Gasteiger partial charge in [0.15, 0.2) is 12.0 Å². The van der Waals surface area contributed by atoms with E-state index < -0.39 is 109 Å². The zero-order valence-electron chi connectivity index (χ0n) is 35.9. The maximum Gasteiger partial charge on any atom is 0.328 e. The molecule has 0 aromatic rings. The van der Waals surface area contributed by atoms with E-state index in [4.69, 9.17) is 17.2 Å². The molecule has 0 aliphatic rings. The second-order valence-corrected chi connectivity index (χ2v) is 15.7. The summed E-state index contributed by atoms with van der Waals surface area (Å²) in [6.07, 6.45) is -0.926. The van der Waals surface area contributed by atoms with Gasteiger partial charge in [-0.2, -0.15) is 0 Å². The van der Waals surface area contributed by atoms with Crippen molar-refractivity contribution in [2.24, 2.45) is 39.9 Å². The van der Waals surface area contributed by atoms with Crippen molar-refractivity contribution in [3.05, 3.63) is 0 Å². The number of nitrogens with two attached hydrogens (primary N) is 3. The predicted molar refractivity (Wildman–Crippen MR) is 220 cm³/mol. The fraction of sp³-hybridized carbons (Fsp3) is 0.730. The maximum absolute atomic E-state index is 13.8. The first-order valence-electron chi connectivity index (χ1n) is 19.9. The molecule has 23 nitrogen and oxygen atoms in total. The molecular formula is C37H68N12O11. The largest absolute Gasteiger partial charge is 0.480 e. The maximum atomic E-state index is 13.8. The number of aliphatic hydroxyl groups is 1. The third kappa shape index (κ3) is 23.1. The van der Waals surface area contributed by atoms with Crippen molar-refractivity contribution in [1.29, 1.82) is 0 Å². The summed E-state index contributed by atoms with van der Waals surface area (Å²) in [5.41, 5.74) is 16.0. The fourth-order valence-corrected chi connectivity index (χ4v) is 5.48. The smallest absolute Gasteiger partial charge is 0.328 e. The summed E-state index contributed by atoms with van der Waals surface area (Å²) < 4.78 is 0. The summed E-state index contributed by atoms with van der Waals surface area (Å²) in [6, 6.07) is -7.76. The molecular weight excluding hydrogens is 788 g/mol. The van der Waals surface area contributed by atoms with Gasteiger partial charge in [0.05, 0.1) is 25.7 Å². The van der Waals surface area contributed by atoms with Gasteiger partial charge < -0.3 is 69.9 Å². The van der Waals surface area contributed by atoms with Crippen LogP contribution >= 0.6 is 0 Å². The van der Waals surface area contributed by atoms with Crippen LogP contribution in [0, 0.1) is 17.8 Å². The minimum Gasteiger partial charge on any atom is -0.480 e. The third-order valence-electron chi connectivity index (χ3n) is 8.49. The number of aliphatic hydroxyl groups excluding tert-OH is 1. The Balaban J connectivity index is 6.11. The van der Waals surface area contributed by atoms with Gasteiger partial charge in [-0.1, -0.05) is 41.5 Å². The Hall–Kier alpha value is -5.58. The highest BCUT2D eigenvalue weighted by Gasteiger charge is 2.34. The number of carboxylic acids is 1. The summed E-state index contributed by atoms with van der Waals surface area (Å²) in [6.45, 7) is 12.1. The Labute approximate surface area is 350 Å². The molecule has 0 aromatic carbocycles. The Kier molecular flexibility index (Phi) is 25.4. The molecule has 0 aromatic heterocycles. The van der Waals surface area contributed by atoms with Crippen LogP contribution in [-0.4, -0.2) is 138 Å². The van der Waals surface area contributed by atoms with E-state index in [0.717, 1.165) is 0 Å². The number of carboxylic acid groups (broad SMARTS) is 1. The van der Waals surface area contributed by atoms with Gasteiger partial charge in [0.1, 0.15) is 30.2 Å². The number of amides is 8. The van der Waals surface area contributed by atoms with Gasteiger partial charge in [-0.25, -0.2) is 4.79 Å². The summed E-state index contributed by atoms with van der Waals surface area (Å²) in [4.78, 5) is 119. The molecule has 342 valence electrons. The predicted octanol–water partition coefficient (Wildman–Crippen LogP) is -4.24. The van der Waals surface area contributed by atoms with Crippen LogP contribution in [0.1, 0.15) is 87.5 Å². The van der Waals surface area contributed by atoms with Crippen LogP contribution in [-0.2, 0) is 43.2 Å². The molecule has 0 aliphatic heterocycles. The van der Waals surface area contributed by atoms with Crippen molar-refractivity contribution >= 4 is 59.2 Å². The first-order valence-corrected chi connectivity index (χ1v) is 19.9. The van der Waals surface area contributed by atoms with Crippen molar-refractivity contribution in [3.63, 3.8) is 0 Å². The molecule has 23 heteroatoms. The summed E-state index contributed by atoms with van der Waals surface area (Å²) in [5, 5.41) is 39.0. The minimum atomic E-state index is -1.64.